The zero-order chi connectivity index (χ0) is 20.2. The molecule has 7 nitrogen and oxygen atoms in total. The number of aliphatic imine (C=N–C) groups is 1. The van der Waals surface area contributed by atoms with Crippen molar-refractivity contribution in [3.05, 3.63) is 35.9 Å². The van der Waals surface area contributed by atoms with E-state index in [-0.39, 0.29) is 5.75 Å². The van der Waals surface area contributed by atoms with Gasteiger partial charge in [0.2, 0.25) is 10.0 Å². The number of nitrogens with zero attached hydrogens (tertiary/aromatic N) is 2. The Morgan fingerprint density at radius 1 is 1.29 bits per heavy atom. The molecule has 1 aliphatic rings. The first-order chi connectivity index (χ1) is 13.5. The molecule has 28 heavy (non-hydrogen) atoms. The van der Waals surface area contributed by atoms with Gasteiger partial charge in [0.25, 0.3) is 0 Å². The third kappa shape index (κ3) is 8.16. The fraction of sp³-hybridized carbons (Fsp3) is 0.650. The van der Waals surface area contributed by atoms with Gasteiger partial charge in [0.15, 0.2) is 5.96 Å². The average molecular weight is 411 g/mol. The lowest BCUT2D eigenvalue weighted by molar-refractivity contribution is 0.0907. The van der Waals surface area contributed by atoms with Crippen molar-refractivity contribution in [1.29, 1.82) is 0 Å². The first-order valence-electron chi connectivity index (χ1n) is 10.2. The second-order valence-electron chi connectivity index (χ2n) is 6.99. The lowest BCUT2D eigenvalue weighted by atomic mass is 10.1. The second-order valence-corrected chi connectivity index (χ2v) is 9.08. The number of likely N-dealkylation sites (tertiary alicyclic amines) is 1. The maximum Gasteiger partial charge on any atom is 0.211 e. The Balaban J connectivity index is 1.72. The molecule has 158 valence electrons. The summed E-state index contributed by atoms with van der Waals surface area (Å²) in [6, 6.07) is 10.2. The molecule has 1 saturated heterocycles. The summed E-state index contributed by atoms with van der Waals surface area (Å²) in [5.41, 5.74) is 1.20. The van der Waals surface area contributed by atoms with Gasteiger partial charge in [-0.3, -0.25) is 4.99 Å². The quantitative estimate of drug-likeness (QED) is 0.330. The zero-order valence-electron chi connectivity index (χ0n) is 17.1. The average Bonchev–Trinajstić information content (AvgIpc) is 3.16. The largest absolute Gasteiger partial charge is 0.376 e. The van der Waals surface area contributed by atoms with Crippen LogP contribution < -0.4 is 10.0 Å². The molecular formula is C20H34N4O3S. The number of ether oxygens (including phenoxy) is 1. The minimum absolute atomic E-state index is 0.112. The molecule has 1 aromatic carbocycles. The van der Waals surface area contributed by atoms with Crippen LogP contribution in [0, 0.1) is 5.92 Å². The molecule has 2 rings (SSSR count). The summed E-state index contributed by atoms with van der Waals surface area (Å²) in [5.74, 6) is 1.52. The standard InChI is InChI=1S/C20H34N4O3S/c1-3-21-20(22-12-8-13-23-28(25,26)4-2)24-14-11-19(15-24)17-27-16-18-9-6-5-7-10-18/h5-7,9-10,19,23H,3-4,8,11-17H2,1-2H3,(H,21,22). The molecule has 8 heteroatoms. The normalized spacial score (nSPS) is 17.9. The lowest BCUT2D eigenvalue weighted by Crippen LogP contribution is -2.40. The topological polar surface area (TPSA) is 83.0 Å². The third-order valence-corrected chi connectivity index (χ3v) is 6.09. The maximum absolute atomic E-state index is 11.4. The minimum atomic E-state index is -3.12. The van der Waals surface area contributed by atoms with Crippen LogP contribution in [0.5, 0.6) is 0 Å². The van der Waals surface area contributed by atoms with Gasteiger partial charge in [0.05, 0.1) is 19.0 Å². The van der Waals surface area contributed by atoms with E-state index in [2.05, 4.69) is 39.0 Å². The highest BCUT2D eigenvalue weighted by Crippen LogP contribution is 2.17. The minimum Gasteiger partial charge on any atom is -0.376 e. The summed E-state index contributed by atoms with van der Waals surface area (Å²) in [7, 11) is -3.12. The van der Waals surface area contributed by atoms with Crippen molar-refractivity contribution in [3.63, 3.8) is 0 Å². The first kappa shape index (κ1) is 22.6. The summed E-state index contributed by atoms with van der Waals surface area (Å²) in [5, 5.41) is 3.34. The van der Waals surface area contributed by atoms with E-state index in [1.54, 1.807) is 6.92 Å². The van der Waals surface area contributed by atoms with Gasteiger partial charge < -0.3 is 15.0 Å². The molecule has 1 aromatic rings. The molecule has 1 unspecified atom stereocenters. The van der Waals surface area contributed by atoms with Crippen molar-refractivity contribution < 1.29 is 13.2 Å². The van der Waals surface area contributed by atoms with Gasteiger partial charge in [-0.25, -0.2) is 13.1 Å². The Bertz CT molecular complexity index is 695. The summed E-state index contributed by atoms with van der Waals surface area (Å²) < 4.78 is 31.4. The molecule has 0 saturated carbocycles. The number of rotatable bonds is 11. The van der Waals surface area contributed by atoms with Crippen molar-refractivity contribution in [1.82, 2.24) is 14.9 Å². The summed E-state index contributed by atoms with van der Waals surface area (Å²) in [6.07, 6.45) is 1.78. The molecule has 2 N–H and O–H groups in total. The van der Waals surface area contributed by atoms with E-state index in [0.29, 0.717) is 32.0 Å². The van der Waals surface area contributed by atoms with Crippen LogP contribution in [0.3, 0.4) is 0 Å². The van der Waals surface area contributed by atoms with E-state index >= 15 is 0 Å². The van der Waals surface area contributed by atoms with Crippen molar-refractivity contribution in [2.24, 2.45) is 10.9 Å². The Kier molecular flexibility index (Phi) is 9.73. The van der Waals surface area contributed by atoms with Crippen LogP contribution in [0.2, 0.25) is 0 Å². The van der Waals surface area contributed by atoms with E-state index in [9.17, 15) is 8.42 Å². The van der Waals surface area contributed by atoms with Crippen LogP contribution in [0.25, 0.3) is 0 Å². The fourth-order valence-corrected chi connectivity index (χ4v) is 3.76. The molecular weight excluding hydrogens is 376 g/mol. The third-order valence-electron chi connectivity index (χ3n) is 4.68. The van der Waals surface area contributed by atoms with Crippen molar-refractivity contribution in [3.8, 4) is 0 Å². The molecule has 1 atom stereocenters. The summed E-state index contributed by atoms with van der Waals surface area (Å²) >= 11 is 0. The van der Waals surface area contributed by atoms with Crippen LogP contribution in [0.1, 0.15) is 32.3 Å². The number of sulfonamides is 1. The van der Waals surface area contributed by atoms with Crippen molar-refractivity contribution in [2.45, 2.75) is 33.3 Å². The molecule has 1 aliphatic heterocycles. The van der Waals surface area contributed by atoms with Gasteiger partial charge in [-0.2, -0.15) is 0 Å². The van der Waals surface area contributed by atoms with Gasteiger partial charge >= 0.3 is 0 Å². The predicted octanol–water partition coefficient (Wildman–Crippen LogP) is 1.82. The SMILES string of the molecule is CCNC(=NCCCNS(=O)(=O)CC)N1CCC(COCc2ccccc2)C1. The van der Waals surface area contributed by atoms with E-state index in [1.165, 1.54) is 5.56 Å². The fourth-order valence-electron chi connectivity index (χ4n) is 3.10. The smallest absolute Gasteiger partial charge is 0.211 e. The summed E-state index contributed by atoms with van der Waals surface area (Å²) in [4.78, 5) is 6.93. The molecule has 1 fully saturated rings. The van der Waals surface area contributed by atoms with E-state index in [0.717, 1.165) is 38.6 Å². The van der Waals surface area contributed by atoms with Gasteiger partial charge in [0.1, 0.15) is 0 Å². The Morgan fingerprint density at radius 2 is 2.07 bits per heavy atom. The summed E-state index contributed by atoms with van der Waals surface area (Å²) in [6.45, 7) is 8.83. The van der Waals surface area contributed by atoms with E-state index < -0.39 is 10.0 Å². The highest BCUT2D eigenvalue weighted by molar-refractivity contribution is 7.89. The van der Waals surface area contributed by atoms with Crippen LogP contribution in [-0.2, 0) is 21.4 Å². The molecule has 0 aliphatic carbocycles. The predicted molar refractivity (Wildman–Crippen MR) is 114 cm³/mol. The zero-order valence-corrected chi connectivity index (χ0v) is 17.9. The van der Waals surface area contributed by atoms with Crippen LogP contribution in [0.15, 0.2) is 35.3 Å². The number of guanidine groups is 1. The highest BCUT2D eigenvalue weighted by atomic mass is 32.2. The Hall–Kier alpha value is -1.64. The second kappa shape index (κ2) is 12.0. The molecule has 0 spiro atoms. The number of benzene rings is 1. The molecule has 0 amide bonds. The molecule has 1 heterocycles. The number of nitrogens with one attached hydrogen (secondary N) is 2. The van der Waals surface area contributed by atoms with Gasteiger partial charge in [-0.15, -0.1) is 0 Å². The first-order valence-corrected chi connectivity index (χ1v) is 11.8. The molecule has 0 radical (unpaired) electrons. The van der Waals surface area contributed by atoms with Gasteiger partial charge in [-0.05, 0) is 32.3 Å². The van der Waals surface area contributed by atoms with Crippen molar-refractivity contribution >= 4 is 16.0 Å². The van der Waals surface area contributed by atoms with E-state index in [4.69, 9.17) is 4.74 Å². The number of hydrogen-bond acceptors (Lipinski definition) is 4. The van der Waals surface area contributed by atoms with E-state index in [1.807, 2.05) is 18.2 Å². The molecule has 0 bridgehead atoms. The monoisotopic (exact) mass is 410 g/mol. The van der Waals surface area contributed by atoms with Gasteiger partial charge in [0, 0.05) is 38.6 Å². The van der Waals surface area contributed by atoms with Crippen LogP contribution >= 0.6 is 0 Å². The van der Waals surface area contributed by atoms with Crippen molar-refractivity contribution in [2.75, 3.05) is 45.1 Å². The molecule has 0 aromatic heterocycles. The van der Waals surface area contributed by atoms with Crippen LogP contribution in [0.4, 0.5) is 0 Å². The lowest BCUT2D eigenvalue weighted by Gasteiger charge is -2.21. The highest BCUT2D eigenvalue weighted by Gasteiger charge is 2.24. The number of hydrogen-bond donors (Lipinski definition) is 2. The maximum atomic E-state index is 11.4. The Morgan fingerprint density at radius 3 is 2.79 bits per heavy atom. The van der Waals surface area contributed by atoms with Gasteiger partial charge in [-0.1, -0.05) is 30.3 Å². The van der Waals surface area contributed by atoms with Crippen LogP contribution in [-0.4, -0.2) is 64.4 Å². The Labute approximate surface area is 169 Å².